The van der Waals surface area contributed by atoms with E-state index in [2.05, 4.69) is 31.0 Å². The zero-order valence-corrected chi connectivity index (χ0v) is 7.30. The molecular formula is C10H16N+. The summed E-state index contributed by atoms with van der Waals surface area (Å²) in [7, 11) is 0. The van der Waals surface area contributed by atoms with E-state index in [1.807, 2.05) is 12.4 Å². The van der Waals surface area contributed by atoms with E-state index in [4.69, 9.17) is 0 Å². The van der Waals surface area contributed by atoms with Crippen molar-refractivity contribution in [1.82, 2.24) is 0 Å². The summed E-state index contributed by atoms with van der Waals surface area (Å²) in [5, 5.41) is 0. The zero-order valence-electron chi connectivity index (χ0n) is 7.30. The molecule has 0 aromatic carbocycles. The SMILES string of the molecule is CCC(CC)c1cc[nH+]cc1. The predicted octanol–water partition coefficient (Wildman–Crippen LogP) is 2.40. The first kappa shape index (κ1) is 8.25. The van der Waals surface area contributed by atoms with Gasteiger partial charge in [0.25, 0.3) is 0 Å². The highest BCUT2D eigenvalue weighted by Gasteiger charge is 2.05. The van der Waals surface area contributed by atoms with Crippen molar-refractivity contribution in [3.05, 3.63) is 30.1 Å². The average molecular weight is 150 g/mol. The second kappa shape index (κ2) is 4.12. The van der Waals surface area contributed by atoms with E-state index in [9.17, 15) is 0 Å². The van der Waals surface area contributed by atoms with Crippen molar-refractivity contribution in [3.8, 4) is 0 Å². The van der Waals surface area contributed by atoms with Gasteiger partial charge in [0.15, 0.2) is 12.4 Å². The molecule has 11 heavy (non-hydrogen) atoms. The normalized spacial score (nSPS) is 10.5. The molecule has 60 valence electrons. The Morgan fingerprint density at radius 3 is 2.18 bits per heavy atom. The number of aromatic amines is 1. The minimum absolute atomic E-state index is 0.740. The van der Waals surface area contributed by atoms with Crippen LogP contribution in [0.5, 0.6) is 0 Å². The summed E-state index contributed by atoms with van der Waals surface area (Å²) in [6, 6.07) is 4.33. The predicted molar refractivity (Wildman–Crippen MR) is 46.3 cm³/mol. The molecule has 1 N–H and O–H groups in total. The second-order valence-corrected chi connectivity index (χ2v) is 2.85. The molecule has 1 aromatic heterocycles. The summed E-state index contributed by atoms with van der Waals surface area (Å²) >= 11 is 0. The first-order chi connectivity index (χ1) is 5.38. The van der Waals surface area contributed by atoms with Crippen molar-refractivity contribution in [2.75, 3.05) is 0 Å². The largest absolute Gasteiger partial charge is 0.218 e. The van der Waals surface area contributed by atoms with Gasteiger partial charge in [0.2, 0.25) is 0 Å². The third kappa shape index (κ3) is 2.04. The van der Waals surface area contributed by atoms with E-state index >= 15 is 0 Å². The Morgan fingerprint density at radius 2 is 1.73 bits per heavy atom. The molecule has 0 saturated heterocycles. The van der Waals surface area contributed by atoms with Crippen LogP contribution in [0.2, 0.25) is 0 Å². The number of rotatable bonds is 3. The fraction of sp³-hybridized carbons (Fsp3) is 0.500. The summed E-state index contributed by atoms with van der Waals surface area (Å²) in [6.07, 6.45) is 6.46. The highest BCUT2D eigenvalue weighted by molar-refractivity contribution is 5.12. The van der Waals surface area contributed by atoms with Crippen LogP contribution in [0.4, 0.5) is 0 Å². The lowest BCUT2D eigenvalue weighted by molar-refractivity contribution is -0.378. The Hall–Kier alpha value is -0.850. The van der Waals surface area contributed by atoms with Gasteiger partial charge >= 0.3 is 0 Å². The summed E-state index contributed by atoms with van der Waals surface area (Å²) in [6.45, 7) is 4.48. The number of H-pyrrole nitrogens is 1. The lowest BCUT2D eigenvalue weighted by Crippen LogP contribution is -2.01. The highest BCUT2D eigenvalue weighted by Crippen LogP contribution is 2.20. The van der Waals surface area contributed by atoms with Crippen LogP contribution in [-0.4, -0.2) is 0 Å². The molecule has 1 heterocycles. The van der Waals surface area contributed by atoms with Gasteiger partial charge in [0.05, 0.1) is 0 Å². The standard InChI is InChI=1S/C10H15N/c1-3-9(4-2)10-5-7-11-8-6-10/h5-9H,3-4H2,1-2H3/p+1. The smallest absolute Gasteiger partial charge is 0.167 e. The van der Waals surface area contributed by atoms with E-state index < -0.39 is 0 Å². The van der Waals surface area contributed by atoms with Crippen molar-refractivity contribution >= 4 is 0 Å². The third-order valence-corrected chi connectivity index (χ3v) is 2.20. The van der Waals surface area contributed by atoms with Crippen molar-refractivity contribution in [2.45, 2.75) is 32.6 Å². The molecule has 0 atom stereocenters. The van der Waals surface area contributed by atoms with Crippen molar-refractivity contribution in [1.29, 1.82) is 0 Å². The summed E-state index contributed by atoms with van der Waals surface area (Å²) in [5.74, 6) is 0.740. The third-order valence-electron chi connectivity index (χ3n) is 2.20. The van der Waals surface area contributed by atoms with E-state index in [1.54, 1.807) is 0 Å². The molecule has 0 saturated carbocycles. The molecule has 1 heteroatoms. The molecule has 0 unspecified atom stereocenters. The van der Waals surface area contributed by atoms with Crippen molar-refractivity contribution in [3.63, 3.8) is 0 Å². The Morgan fingerprint density at radius 1 is 1.18 bits per heavy atom. The van der Waals surface area contributed by atoms with Crippen LogP contribution in [-0.2, 0) is 0 Å². The van der Waals surface area contributed by atoms with Gasteiger partial charge in [-0.3, -0.25) is 0 Å². The molecule has 0 amide bonds. The Bertz CT molecular complexity index is 189. The maximum Gasteiger partial charge on any atom is 0.167 e. The monoisotopic (exact) mass is 150 g/mol. The molecule has 1 nitrogen and oxygen atoms in total. The molecule has 1 aromatic rings. The van der Waals surface area contributed by atoms with Gasteiger partial charge in [0.1, 0.15) is 0 Å². The molecule has 1 rings (SSSR count). The van der Waals surface area contributed by atoms with Gasteiger partial charge < -0.3 is 0 Å². The second-order valence-electron chi connectivity index (χ2n) is 2.85. The number of hydrogen-bond acceptors (Lipinski definition) is 0. The summed E-state index contributed by atoms with van der Waals surface area (Å²) < 4.78 is 0. The van der Waals surface area contributed by atoms with Gasteiger partial charge in [-0.25, -0.2) is 4.98 Å². The van der Waals surface area contributed by atoms with E-state index in [1.165, 1.54) is 18.4 Å². The highest BCUT2D eigenvalue weighted by atomic mass is 14.6. The minimum atomic E-state index is 0.740. The van der Waals surface area contributed by atoms with Gasteiger partial charge in [-0.2, -0.15) is 0 Å². The Kier molecular flexibility index (Phi) is 3.09. The molecular weight excluding hydrogens is 134 g/mol. The number of pyridine rings is 1. The topological polar surface area (TPSA) is 14.1 Å². The maximum atomic E-state index is 3.04. The molecule has 0 aliphatic carbocycles. The summed E-state index contributed by atoms with van der Waals surface area (Å²) in [5.41, 5.74) is 1.45. The van der Waals surface area contributed by atoms with Crippen molar-refractivity contribution < 1.29 is 4.98 Å². The fourth-order valence-corrected chi connectivity index (χ4v) is 1.43. The first-order valence-corrected chi connectivity index (χ1v) is 4.34. The zero-order chi connectivity index (χ0) is 8.10. The Labute approximate surface area is 68.5 Å². The minimum Gasteiger partial charge on any atom is -0.218 e. The average Bonchev–Trinajstić information content (AvgIpc) is 2.09. The van der Waals surface area contributed by atoms with Crippen LogP contribution in [0.1, 0.15) is 38.2 Å². The molecule has 0 radical (unpaired) electrons. The van der Waals surface area contributed by atoms with Gasteiger partial charge in [-0.1, -0.05) is 13.8 Å². The van der Waals surface area contributed by atoms with E-state index in [0.717, 1.165) is 5.92 Å². The molecule has 0 aliphatic rings. The van der Waals surface area contributed by atoms with Gasteiger partial charge in [-0.05, 0) is 24.3 Å². The van der Waals surface area contributed by atoms with Gasteiger partial charge in [-0.15, -0.1) is 0 Å². The van der Waals surface area contributed by atoms with Crippen LogP contribution in [0.15, 0.2) is 24.5 Å². The quantitative estimate of drug-likeness (QED) is 0.628. The van der Waals surface area contributed by atoms with Crippen LogP contribution in [0, 0.1) is 0 Å². The number of aromatic nitrogens is 1. The lowest BCUT2D eigenvalue weighted by atomic mass is 9.95. The number of hydrogen-bond donors (Lipinski definition) is 0. The van der Waals surface area contributed by atoms with Crippen LogP contribution in [0.3, 0.4) is 0 Å². The van der Waals surface area contributed by atoms with Crippen molar-refractivity contribution in [2.24, 2.45) is 0 Å². The van der Waals surface area contributed by atoms with Crippen LogP contribution in [0.25, 0.3) is 0 Å². The van der Waals surface area contributed by atoms with Gasteiger partial charge in [0, 0.05) is 12.1 Å². The van der Waals surface area contributed by atoms with E-state index in [-0.39, 0.29) is 0 Å². The lowest BCUT2D eigenvalue weighted by Gasteiger charge is -2.09. The first-order valence-electron chi connectivity index (χ1n) is 4.34. The van der Waals surface area contributed by atoms with Crippen LogP contribution < -0.4 is 4.98 Å². The molecule has 0 fully saturated rings. The maximum absolute atomic E-state index is 3.04. The van der Waals surface area contributed by atoms with E-state index in [0.29, 0.717) is 0 Å². The summed E-state index contributed by atoms with van der Waals surface area (Å²) in [4.78, 5) is 3.04. The Balaban J connectivity index is 2.74. The number of nitrogens with one attached hydrogen (secondary N) is 1. The molecule has 0 spiro atoms. The molecule has 0 aliphatic heterocycles. The fourth-order valence-electron chi connectivity index (χ4n) is 1.43. The molecule has 0 bridgehead atoms. The van der Waals surface area contributed by atoms with Crippen LogP contribution >= 0.6 is 0 Å².